The summed E-state index contributed by atoms with van der Waals surface area (Å²) in [7, 11) is -8.65. The first-order valence-corrected chi connectivity index (χ1v) is 29.0. The Hall–Kier alpha value is -0.974. The maximum absolute atomic E-state index is 10.9. The number of benzene rings is 2. The number of hydrogen-bond acceptors (Lipinski definition) is 6. The Kier molecular flexibility index (Phi) is 42.9. The first-order chi connectivity index (χ1) is 30.1. The summed E-state index contributed by atoms with van der Waals surface area (Å²) in [4.78, 5) is -0.270. The second-order valence-electron chi connectivity index (χ2n) is 18.4. The second-order valence-corrected chi connectivity index (χ2v) is 21.2. The fourth-order valence-corrected chi connectivity index (χ4v) is 9.40. The van der Waals surface area contributed by atoms with Gasteiger partial charge in [-0.15, -0.1) is 0 Å². The van der Waals surface area contributed by atoms with Crippen molar-refractivity contribution in [1.82, 2.24) is 0 Å². The molecule has 0 heterocycles. The summed E-state index contributed by atoms with van der Waals surface area (Å²) in [6, 6.07) is 12.7. The van der Waals surface area contributed by atoms with Gasteiger partial charge in [-0.3, -0.25) is 0 Å². The zero-order valence-corrected chi connectivity index (χ0v) is 43.9. The Labute approximate surface area is 406 Å². The van der Waals surface area contributed by atoms with Crippen molar-refractivity contribution in [3.05, 3.63) is 59.7 Å². The fourth-order valence-electron chi connectivity index (χ4n) is 8.46. The molecule has 2 aromatic carbocycles. The van der Waals surface area contributed by atoms with Gasteiger partial charge in [-0.2, -0.15) is 0 Å². The molecule has 0 fully saturated rings. The van der Waals surface area contributed by atoms with E-state index in [2.05, 4.69) is 13.8 Å². The molecule has 0 atom stereocenters. The Morgan fingerprint density at radius 3 is 0.603 bits per heavy atom. The van der Waals surface area contributed by atoms with Gasteiger partial charge in [0.15, 0.2) is 0 Å². The second kappa shape index (κ2) is 43.6. The van der Waals surface area contributed by atoms with Crippen molar-refractivity contribution in [2.75, 3.05) is 0 Å². The summed E-state index contributed by atoms with van der Waals surface area (Å²) in [6.07, 6.45) is 54.3. The number of aryl methyl sites for hydroxylation is 2. The maximum atomic E-state index is 10.9. The smallest absolute Gasteiger partial charge is 0.744 e. The quantitative estimate of drug-likeness (QED) is 0.0372. The third-order valence-electron chi connectivity index (χ3n) is 12.6. The van der Waals surface area contributed by atoms with Crippen molar-refractivity contribution in [3.63, 3.8) is 0 Å². The molecule has 63 heavy (non-hydrogen) atoms. The molecule has 6 nitrogen and oxygen atoms in total. The van der Waals surface area contributed by atoms with Crippen LogP contribution in [-0.2, 0) is 33.1 Å². The first-order valence-electron chi connectivity index (χ1n) is 26.2. The van der Waals surface area contributed by atoms with Crippen molar-refractivity contribution < 1.29 is 25.9 Å². The number of rotatable bonds is 42. The molecule has 0 bridgehead atoms. The molecule has 0 saturated heterocycles. The van der Waals surface area contributed by atoms with E-state index >= 15 is 0 Å². The van der Waals surface area contributed by atoms with Crippen molar-refractivity contribution in [2.45, 2.75) is 280 Å². The molecule has 0 amide bonds. The molecule has 0 radical (unpaired) electrons. The molecule has 0 aromatic heterocycles. The Bertz CT molecular complexity index is 1370. The summed E-state index contributed by atoms with van der Waals surface area (Å²) < 4.78 is 65.6. The molecule has 9 heteroatoms. The molecule has 0 unspecified atom stereocenters. The Morgan fingerprint density at radius 2 is 0.444 bits per heavy atom. The predicted molar refractivity (Wildman–Crippen MR) is 269 cm³/mol. The van der Waals surface area contributed by atoms with Crippen LogP contribution in [0.5, 0.6) is 0 Å². The molecule has 0 aliphatic carbocycles. The molecule has 0 saturated carbocycles. The van der Waals surface area contributed by atoms with Gasteiger partial charge in [-0.1, -0.05) is 269 Å². The SMILES string of the molecule is CCCCCCCCCCCCCCCCCCCCCc1ccc(S(=O)(=O)[O-])cc1.CCCCCCCCCCCCCCCCCCCCCc1ccc(S(=O)(=O)[O-])cc1.[Mg+2]. The third kappa shape index (κ3) is 39.9. The van der Waals surface area contributed by atoms with Crippen molar-refractivity contribution in [1.29, 1.82) is 0 Å². The third-order valence-corrected chi connectivity index (χ3v) is 14.3. The summed E-state index contributed by atoms with van der Waals surface area (Å²) in [5, 5.41) is 0. The average molecular weight is 928 g/mol. The van der Waals surface area contributed by atoms with Gasteiger partial charge < -0.3 is 9.11 Å². The van der Waals surface area contributed by atoms with Gasteiger partial charge in [0.1, 0.15) is 20.2 Å². The number of hydrogen-bond donors (Lipinski definition) is 0. The van der Waals surface area contributed by atoms with Crippen LogP contribution in [-0.4, -0.2) is 49.0 Å². The molecule has 0 spiro atoms. The van der Waals surface area contributed by atoms with Gasteiger partial charge in [0.05, 0.1) is 9.79 Å². The maximum Gasteiger partial charge on any atom is 2.00 e. The van der Waals surface area contributed by atoms with Gasteiger partial charge in [0.2, 0.25) is 0 Å². The van der Waals surface area contributed by atoms with Gasteiger partial charge in [-0.05, 0) is 61.1 Å². The van der Waals surface area contributed by atoms with Crippen LogP contribution >= 0.6 is 0 Å². The van der Waals surface area contributed by atoms with Crippen LogP contribution < -0.4 is 0 Å². The fraction of sp³-hybridized carbons (Fsp3) is 0.778. The molecule has 0 N–H and O–H groups in total. The van der Waals surface area contributed by atoms with E-state index in [0.29, 0.717) is 0 Å². The monoisotopic (exact) mass is 927 g/mol. The molecule has 2 aromatic rings. The topological polar surface area (TPSA) is 114 Å². The van der Waals surface area contributed by atoms with Gasteiger partial charge >= 0.3 is 23.1 Å². The van der Waals surface area contributed by atoms with E-state index in [1.54, 1.807) is 24.3 Å². The molecule has 360 valence electrons. The zero-order valence-electron chi connectivity index (χ0n) is 40.9. The van der Waals surface area contributed by atoms with Crippen LogP contribution in [0.4, 0.5) is 0 Å². The average Bonchev–Trinajstić information content (AvgIpc) is 3.25. The summed E-state index contributed by atoms with van der Waals surface area (Å²) >= 11 is 0. The molecule has 0 aliphatic rings. The van der Waals surface area contributed by atoms with E-state index in [9.17, 15) is 25.9 Å². The van der Waals surface area contributed by atoms with Crippen molar-refractivity contribution in [3.8, 4) is 0 Å². The first kappa shape index (κ1) is 62.0. The van der Waals surface area contributed by atoms with Crippen LogP contribution in [0.25, 0.3) is 0 Å². The van der Waals surface area contributed by atoms with Crippen molar-refractivity contribution in [2.24, 2.45) is 0 Å². The minimum absolute atomic E-state index is 0. The largest absolute Gasteiger partial charge is 2.00 e. The van der Waals surface area contributed by atoms with Crippen LogP contribution in [0.2, 0.25) is 0 Å². The molecule has 2 rings (SSSR count). The minimum Gasteiger partial charge on any atom is -0.744 e. The summed E-state index contributed by atoms with van der Waals surface area (Å²) in [6.45, 7) is 4.56. The molecule has 0 aliphatic heterocycles. The van der Waals surface area contributed by atoms with Crippen LogP contribution in [0, 0.1) is 0 Å². The normalized spacial score (nSPS) is 11.6. The minimum atomic E-state index is -4.32. The van der Waals surface area contributed by atoms with E-state index < -0.39 is 20.2 Å². The van der Waals surface area contributed by atoms with E-state index in [4.69, 9.17) is 0 Å². The van der Waals surface area contributed by atoms with Gasteiger partial charge in [-0.25, -0.2) is 16.8 Å². The standard InChI is InChI=1S/2C27H48O3S.Mg/c2*1-2-3-4-5-6-7-8-9-10-11-12-13-14-15-16-17-18-19-20-21-26-22-24-27(25-23-26)31(28,29)30;/h2*22-25H,2-21H2,1H3,(H,28,29,30);/q;;+2/p-2. The van der Waals surface area contributed by atoms with Gasteiger partial charge in [0.25, 0.3) is 0 Å². The molecular formula is C54H94MgO6S2. The summed E-state index contributed by atoms with van der Waals surface area (Å²) in [5.41, 5.74) is 2.22. The van der Waals surface area contributed by atoms with E-state index in [1.165, 1.54) is 255 Å². The Morgan fingerprint density at radius 1 is 0.286 bits per heavy atom. The number of unbranched alkanes of at least 4 members (excludes halogenated alkanes) is 36. The van der Waals surface area contributed by atoms with Crippen LogP contribution in [0.3, 0.4) is 0 Å². The Balaban J connectivity index is 0.00000120. The predicted octanol–water partition coefficient (Wildman–Crippen LogP) is 16.7. The zero-order chi connectivity index (χ0) is 45.3. The van der Waals surface area contributed by atoms with Crippen LogP contribution in [0.15, 0.2) is 58.3 Å². The van der Waals surface area contributed by atoms with E-state index in [0.717, 1.165) is 36.8 Å². The molecular weight excluding hydrogens is 833 g/mol. The van der Waals surface area contributed by atoms with Gasteiger partial charge in [0, 0.05) is 0 Å². The van der Waals surface area contributed by atoms with E-state index in [1.807, 2.05) is 0 Å². The van der Waals surface area contributed by atoms with E-state index in [-0.39, 0.29) is 32.8 Å². The summed E-state index contributed by atoms with van der Waals surface area (Å²) in [5.74, 6) is 0. The van der Waals surface area contributed by atoms with Crippen LogP contribution in [0.1, 0.15) is 269 Å². The van der Waals surface area contributed by atoms with Crippen molar-refractivity contribution >= 4 is 43.3 Å².